The molecule has 1 saturated carbocycles. The van der Waals surface area contributed by atoms with E-state index in [1.807, 2.05) is 29.2 Å². The van der Waals surface area contributed by atoms with Crippen LogP contribution in [0.15, 0.2) is 24.3 Å². The third-order valence-electron chi connectivity index (χ3n) is 4.74. The van der Waals surface area contributed by atoms with E-state index in [0.717, 1.165) is 18.4 Å². The first-order chi connectivity index (χ1) is 10.0. The zero-order valence-electron chi connectivity index (χ0n) is 11.8. The van der Waals surface area contributed by atoms with Crippen LogP contribution in [-0.2, 0) is 15.0 Å². The van der Waals surface area contributed by atoms with E-state index in [0.29, 0.717) is 31.0 Å². The Bertz CT molecular complexity index is 558. The number of primary amides is 1. The van der Waals surface area contributed by atoms with Crippen molar-refractivity contribution in [2.24, 2.45) is 11.7 Å². The third kappa shape index (κ3) is 2.64. The van der Waals surface area contributed by atoms with Crippen molar-refractivity contribution in [1.82, 2.24) is 4.90 Å². The highest BCUT2D eigenvalue weighted by atomic mass is 35.5. The topological polar surface area (TPSA) is 63.4 Å². The lowest BCUT2D eigenvalue weighted by Gasteiger charge is -2.33. The molecule has 0 spiro atoms. The van der Waals surface area contributed by atoms with E-state index in [1.54, 1.807) is 0 Å². The molecule has 21 heavy (non-hydrogen) atoms. The van der Waals surface area contributed by atoms with E-state index in [9.17, 15) is 9.59 Å². The van der Waals surface area contributed by atoms with Crippen LogP contribution in [0.5, 0.6) is 0 Å². The highest BCUT2D eigenvalue weighted by Crippen LogP contribution is 2.50. The number of nitrogens with two attached hydrogens (primary N) is 1. The molecule has 1 aliphatic heterocycles. The number of halogens is 1. The van der Waals surface area contributed by atoms with Crippen molar-refractivity contribution in [3.05, 3.63) is 34.9 Å². The average Bonchev–Trinajstić information content (AvgIpc) is 3.29. The molecule has 1 heterocycles. The summed E-state index contributed by atoms with van der Waals surface area (Å²) in [6.07, 6.45) is 3.14. The summed E-state index contributed by atoms with van der Waals surface area (Å²) in [5.74, 6) is -0.145. The molecule has 0 bridgehead atoms. The quantitative estimate of drug-likeness (QED) is 0.929. The molecule has 1 aromatic rings. The number of carbonyl (C=O) groups is 2. The Labute approximate surface area is 129 Å². The first kappa shape index (κ1) is 14.4. The highest BCUT2D eigenvalue weighted by molar-refractivity contribution is 6.30. The van der Waals surface area contributed by atoms with Crippen molar-refractivity contribution < 1.29 is 9.59 Å². The molecule has 2 aliphatic rings. The molecule has 0 atom stereocenters. The van der Waals surface area contributed by atoms with Crippen molar-refractivity contribution >= 4 is 23.4 Å². The van der Waals surface area contributed by atoms with Crippen LogP contribution in [0.4, 0.5) is 0 Å². The number of hydrogen-bond donors (Lipinski definition) is 1. The van der Waals surface area contributed by atoms with Gasteiger partial charge in [0.2, 0.25) is 11.8 Å². The zero-order chi connectivity index (χ0) is 15.0. The Balaban J connectivity index is 1.71. The third-order valence-corrected chi connectivity index (χ3v) is 4.99. The predicted molar refractivity (Wildman–Crippen MR) is 80.9 cm³/mol. The number of piperidine rings is 1. The van der Waals surface area contributed by atoms with Gasteiger partial charge in [0.05, 0.1) is 5.41 Å². The second-order valence-electron chi connectivity index (χ2n) is 6.06. The molecule has 2 fully saturated rings. The molecule has 2 N–H and O–H groups in total. The number of carbonyl (C=O) groups excluding carboxylic acids is 2. The minimum Gasteiger partial charge on any atom is -0.369 e. The Morgan fingerprint density at radius 3 is 2.19 bits per heavy atom. The summed E-state index contributed by atoms with van der Waals surface area (Å²) in [6.45, 7) is 1.25. The van der Waals surface area contributed by atoms with E-state index in [-0.39, 0.29) is 23.1 Å². The first-order valence-corrected chi connectivity index (χ1v) is 7.75. The van der Waals surface area contributed by atoms with Crippen LogP contribution in [0, 0.1) is 5.92 Å². The molecule has 4 nitrogen and oxygen atoms in total. The number of hydrogen-bond acceptors (Lipinski definition) is 2. The van der Waals surface area contributed by atoms with Crippen molar-refractivity contribution in [2.45, 2.75) is 31.1 Å². The van der Waals surface area contributed by atoms with Gasteiger partial charge in [0.15, 0.2) is 0 Å². The van der Waals surface area contributed by atoms with Crippen molar-refractivity contribution in [2.75, 3.05) is 13.1 Å². The van der Waals surface area contributed by atoms with E-state index >= 15 is 0 Å². The number of benzene rings is 1. The van der Waals surface area contributed by atoms with Crippen LogP contribution in [0.25, 0.3) is 0 Å². The summed E-state index contributed by atoms with van der Waals surface area (Å²) in [4.78, 5) is 25.9. The molecule has 2 amide bonds. The van der Waals surface area contributed by atoms with Crippen molar-refractivity contribution in [1.29, 1.82) is 0 Å². The zero-order valence-corrected chi connectivity index (χ0v) is 12.6. The lowest BCUT2D eigenvalue weighted by atomic mass is 9.91. The van der Waals surface area contributed by atoms with E-state index in [2.05, 4.69) is 0 Å². The lowest BCUT2D eigenvalue weighted by molar-refractivity contribution is -0.137. The normalized spacial score (nSPS) is 21.1. The maximum atomic E-state index is 12.8. The largest absolute Gasteiger partial charge is 0.369 e. The summed E-state index contributed by atoms with van der Waals surface area (Å²) in [6, 6.07) is 7.57. The predicted octanol–water partition coefficient (Wildman–Crippen LogP) is 2.10. The van der Waals surface area contributed by atoms with Gasteiger partial charge in [0, 0.05) is 24.0 Å². The molecule has 5 heteroatoms. The summed E-state index contributed by atoms with van der Waals surface area (Å²) in [5.41, 5.74) is 6.03. The van der Waals surface area contributed by atoms with Gasteiger partial charge in [-0.15, -0.1) is 0 Å². The molecular weight excluding hydrogens is 288 g/mol. The number of amides is 2. The standard InChI is InChI=1S/C16H19ClN2O2/c17-13-3-1-12(2-4-13)16(7-8-16)15(21)19-9-5-11(6-10-19)14(18)20/h1-4,11H,5-10H2,(H2,18,20). The van der Waals surface area contributed by atoms with Gasteiger partial charge in [-0.3, -0.25) is 9.59 Å². The molecule has 1 aromatic carbocycles. The summed E-state index contributed by atoms with van der Waals surface area (Å²) >= 11 is 5.92. The molecule has 1 aliphatic carbocycles. The summed E-state index contributed by atoms with van der Waals surface area (Å²) < 4.78 is 0. The fraction of sp³-hybridized carbons (Fsp3) is 0.500. The van der Waals surface area contributed by atoms with Crippen LogP contribution in [0.2, 0.25) is 5.02 Å². The van der Waals surface area contributed by atoms with Gasteiger partial charge in [0.1, 0.15) is 0 Å². The molecule has 0 aromatic heterocycles. The van der Waals surface area contributed by atoms with Gasteiger partial charge < -0.3 is 10.6 Å². The van der Waals surface area contributed by atoms with Crippen LogP contribution < -0.4 is 5.73 Å². The van der Waals surface area contributed by atoms with Crippen molar-refractivity contribution in [3.63, 3.8) is 0 Å². The summed E-state index contributed by atoms with van der Waals surface area (Å²) in [7, 11) is 0. The molecule has 0 unspecified atom stereocenters. The van der Waals surface area contributed by atoms with Gasteiger partial charge in [0.25, 0.3) is 0 Å². The molecule has 0 radical (unpaired) electrons. The maximum Gasteiger partial charge on any atom is 0.233 e. The SMILES string of the molecule is NC(=O)C1CCN(C(=O)C2(c3ccc(Cl)cc3)CC2)CC1. The second kappa shape index (κ2) is 5.34. The van der Waals surface area contributed by atoms with E-state index in [4.69, 9.17) is 17.3 Å². The number of nitrogens with zero attached hydrogens (tertiary/aromatic N) is 1. The number of likely N-dealkylation sites (tertiary alicyclic amines) is 1. The molecule has 3 rings (SSSR count). The van der Waals surface area contributed by atoms with E-state index in [1.165, 1.54) is 0 Å². The van der Waals surface area contributed by atoms with Gasteiger partial charge >= 0.3 is 0 Å². The van der Waals surface area contributed by atoms with Gasteiger partial charge in [-0.05, 0) is 43.4 Å². The molecule has 112 valence electrons. The fourth-order valence-electron chi connectivity index (χ4n) is 3.19. The Hall–Kier alpha value is -1.55. The first-order valence-electron chi connectivity index (χ1n) is 7.38. The van der Waals surface area contributed by atoms with Gasteiger partial charge in [-0.1, -0.05) is 23.7 Å². The minimum absolute atomic E-state index is 0.0836. The monoisotopic (exact) mass is 306 g/mol. The lowest BCUT2D eigenvalue weighted by Crippen LogP contribution is -2.45. The van der Waals surface area contributed by atoms with Crippen LogP contribution in [-0.4, -0.2) is 29.8 Å². The minimum atomic E-state index is -0.357. The summed E-state index contributed by atoms with van der Waals surface area (Å²) in [5, 5.41) is 0.685. The van der Waals surface area contributed by atoms with Crippen molar-refractivity contribution in [3.8, 4) is 0 Å². The Morgan fingerprint density at radius 2 is 1.71 bits per heavy atom. The fourth-order valence-corrected chi connectivity index (χ4v) is 3.32. The molecular formula is C16H19ClN2O2. The van der Waals surface area contributed by atoms with Crippen LogP contribution in [0.3, 0.4) is 0 Å². The Morgan fingerprint density at radius 1 is 1.14 bits per heavy atom. The van der Waals surface area contributed by atoms with Gasteiger partial charge in [-0.2, -0.15) is 0 Å². The second-order valence-corrected chi connectivity index (χ2v) is 6.49. The maximum absolute atomic E-state index is 12.8. The smallest absolute Gasteiger partial charge is 0.233 e. The highest BCUT2D eigenvalue weighted by Gasteiger charge is 2.53. The van der Waals surface area contributed by atoms with Gasteiger partial charge in [-0.25, -0.2) is 0 Å². The van der Waals surface area contributed by atoms with Crippen LogP contribution >= 0.6 is 11.6 Å². The average molecular weight is 307 g/mol. The van der Waals surface area contributed by atoms with Crippen LogP contribution in [0.1, 0.15) is 31.2 Å². The molecule has 1 saturated heterocycles. The number of rotatable bonds is 3. The Kier molecular flexibility index (Phi) is 3.66. The van der Waals surface area contributed by atoms with E-state index < -0.39 is 0 Å².